The Bertz CT molecular complexity index is 260. The monoisotopic (exact) mass is 204 g/mol. The normalized spacial score (nSPS) is 23.2. The third-order valence-electron chi connectivity index (χ3n) is 1.88. The van der Waals surface area contributed by atoms with E-state index in [9.17, 15) is 0 Å². The minimum absolute atomic E-state index is 0.458. The predicted molar refractivity (Wildman–Crippen MR) is 47.6 cm³/mol. The van der Waals surface area contributed by atoms with Gasteiger partial charge in [-0.25, -0.2) is 0 Å². The molecule has 0 amide bonds. The molecule has 2 heterocycles. The van der Waals surface area contributed by atoms with Crippen LogP contribution in [0.1, 0.15) is 22.4 Å². The molecule has 1 atom stereocenters. The molecule has 3 nitrogen and oxygen atoms in total. The van der Waals surface area contributed by atoms with Crippen LogP contribution in [0.2, 0.25) is 0 Å². The summed E-state index contributed by atoms with van der Waals surface area (Å²) in [7, 11) is 0. The van der Waals surface area contributed by atoms with Crippen LogP contribution in [0.5, 0.6) is 0 Å². The Balaban J connectivity index is 2.11. The zero-order valence-electron chi connectivity index (χ0n) is 6.49. The molecule has 1 aromatic rings. The molecule has 0 aliphatic carbocycles. The van der Waals surface area contributed by atoms with Gasteiger partial charge in [0.05, 0.1) is 12.5 Å². The molecule has 0 aromatic carbocycles. The minimum Gasteiger partial charge on any atom is -0.381 e. The van der Waals surface area contributed by atoms with E-state index in [0.717, 1.165) is 29.6 Å². The van der Waals surface area contributed by atoms with Gasteiger partial charge in [0.25, 0.3) is 0 Å². The van der Waals surface area contributed by atoms with Crippen molar-refractivity contribution in [2.24, 2.45) is 0 Å². The SMILES string of the molecule is ClCc1nnc(C2CCOC2)s1. The Labute approximate surface area is 79.7 Å². The lowest BCUT2D eigenvalue weighted by Crippen LogP contribution is -1.95. The lowest BCUT2D eigenvalue weighted by Gasteiger charge is -1.98. The first kappa shape index (κ1) is 8.41. The summed E-state index contributed by atoms with van der Waals surface area (Å²) in [4.78, 5) is 0. The molecule has 0 radical (unpaired) electrons. The van der Waals surface area contributed by atoms with Crippen LogP contribution in [0.25, 0.3) is 0 Å². The van der Waals surface area contributed by atoms with Gasteiger partial charge in [-0.3, -0.25) is 0 Å². The van der Waals surface area contributed by atoms with Gasteiger partial charge in [0, 0.05) is 12.5 Å². The van der Waals surface area contributed by atoms with E-state index in [-0.39, 0.29) is 0 Å². The maximum absolute atomic E-state index is 5.62. The van der Waals surface area contributed by atoms with Crippen LogP contribution in [0.3, 0.4) is 0 Å². The molecule has 0 N–H and O–H groups in total. The fraction of sp³-hybridized carbons (Fsp3) is 0.714. The van der Waals surface area contributed by atoms with Crippen molar-refractivity contribution in [2.75, 3.05) is 13.2 Å². The van der Waals surface area contributed by atoms with E-state index in [0.29, 0.717) is 11.8 Å². The Morgan fingerprint density at radius 2 is 2.50 bits per heavy atom. The van der Waals surface area contributed by atoms with Gasteiger partial charge in [0.2, 0.25) is 0 Å². The van der Waals surface area contributed by atoms with Crippen LogP contribution in [0.4, 0.5) is 0 Å². The topological polar surface area (TPSA) is 35.0 Å². The van der Waals surface area contributed by atoms with Gasteiger partial charge in [-0.15, -0.1) is 21.8 Å². The van der Waals surface area contributed by atoms with Crippen molar-refractivity contribution in [2.45, 2.75) is 18.2 Å². The second-order valence-electron chi connectivity index (χ2n) is 2.73. The molecule has 1 aliphatic rings. The van der Waals surface area contributed by atoms with E-state index in [1.807, 2.05) is 0 Å². The molecule has 2 rings (SSSR count). The molecular weight excluding hydrogens is 196 g/mol. The standard InChI is InChI=1S/C7H9ClN2OS/c8-3-6-9-10-7(12-6)5-1-2-11-4-5/h5H,1-4H2. The van der Waals surface area contributed by atoms with Crippen LogP contribution < -0.4 is 0 Å². The maximum atomic E-state index is 5.62. The highest BCUT2D eigenvalue weighted by Crippen LogP contribution is 2.27. The summed E-state index contributed by atoms with van der Waals surface area (Å²) in [6.07, 6.45) is 1.07. The second kappa shape index (κ2) is 3.68. The molecule has 5 heteroatoms. The van der Waals surface area contributed by atoms with Crippen molar-refractivity contribution in [1.82, 2.24) is 10.2 Å². The van der Waals surface area contributed by atoms with Crippen LogP contribution in [-0.4, -0.2) is 23.4 Å². The molecule has 1 saturated heterocycles. The van der Waals surface area contributed by atoms with E-state index in [1.54, 1.807) is 11.3 Å². The summed E-state index contributed by atoms with van der Waals surface area (Å²) >= 11 is 7.22. The molecule has 1 aromatic heterocycles. The average Bonchev–Trinajstić information content (AvgIpc) is 2.75. The van der Waals surface area contributed by atoms with E-state index in [4.69, 9.17) is 16.3 Å². The maximum Gasteiger partial charge on any atom is 0.132 e. The van der Waals surface area contributed by atoms with Crippen molar-refractivity contribution in [3.8, 4) is 0 Å². The summed E-state index contributed by atoms with van der Waals surface area (Å²) in [6.45, 7) is 1.64. The summed E-state index contributed by atoms with van der Waals surface area (Å²) in [5, 5.41) is 10.0. The van der Waals surface area contributed by atoms with Crippen LogP contribution in [0, 0.1) is 0 Å². The first-order valence-corrected chi connectivity index (χ1v) is 5.21. The lowest BCUT2D eigenvalue weighted by molar-refractivity contribution is 0.194. The Hall–Kier alpha value is -0.190. The third kappa shape index (κ3) is 1.60. The van der Waals surface area contributed by atoms with Gasteiger partial charge in [0.1, 0.15) is 10.0 Å². The van der Waals surface area contributed by atoms with Gasteiger partial charge in [-0.1, -0.05) is 11.3 Å². The number of aromatic nitrogens is 2. The molecule has 66 valence electrons. The fourth-order valence-corrected chi connectivity index (χ4v) is 2.24. The number of rotatable bonds is 2. The van der Waals surface area contributed by atoms with Crippen molar-refractivity contribution < 1.29 is 4.74 Å². The van der Waals surface area contributed by atoms with Crippen LogP contribution in [0.15, 0.2) is 0 Å². The van der Waals surface area contributed by atoms with Crippen molar-refractivity contribution in [1.29, 1.82) is 0 Å². The van der Waals surface area contributed by atoms with Gasteiger partial charge in [-0.2, -0.15) is 0 Å². The van der Waals surface area contributed by atoms with Gasteiger partial charge < -0.3 is 4.74 Å². The number of alkyl halides is 1. The number of hydrogen-bond donors (Lipinski definition) is 0. The molecule has 1 aliphatic heterocycles. The van der Waals surface area contributed by atoms with Gasteiger partial charge in [-0.05, 0) is 6.42 Å². The van der Waals surface area contributed by atoms with E-state index in [1.165, 1.54) is 0 Å². The predicted octanol–water partition coefficient (Wildman–Crippen LogP) is 1.78. The highest BCUT2D eigenvalue weighted by atomic mass is 35.5. The summed E-state index contributed by atoms with van der Waals surface area (Å²) in [6, 6.07) is 0. The largest absolute Gasteiger partial charge is 0.381 e. The first-order chi connectivity index (χ1) is 5.90. The molecule has 0 spiro atoms. The second-order valence-corrected chi connectivity index (χ2v) is 4.09. The highest BCUT2D eigenvalue weighted by molar-refractivity contribution is 7.11. The van der Waals surface area contributed by atoms with Gasteiger partial charge in [0.15, 0.2) is 0 Å². The lowest BCUT2D eigenvalue weighted by atomic mass is 10.1. The van der Waals surface area contributed by atoms with Crippen molar-refractivity contribution in [3.05, 3.63) is 10.0 Å². The number of nitrogens with zero attached hydrogens (tertiary/aromatic N) is 2. The van der Waals surface area contributed by atoms with Crippen LogP contribution >= 0.6 is 22.9 Å². The summed E-state index contributed by atoms with van der Waals surface area (Å²) < 4.78 is 5.26. The van der Waals surface area contributed by atoms with E-state index < -0.39 is 0 Å². The zero-order chi connectivity index (χ0) is 8.39. The molecular formula is C7H9ClN2OS. The van der Waals surface area contributed by atoms with E-state index >= 15 is 0 Å². The van der Waals surface area contributed by atoms with Crippen molar-refractivity contribution >= 4 is 22.9 Å². The average molecular weight is 205 g/mol. The van der Waals surface area contributed by atoms with Crippen molar-refractivity contribution in [3.63, 3.8) is 0 Å². The molecule has 0 bridgehead atoms. The number of ether oxygens (including phenoxy) is 1. The minimum atomic E-state index is 0.458. The smallest absolute Gasteiger partial charge is 0.132 e. The third-order valence-corrected chi connectivity index (χ3v) is 3.37. The molecule has 0 saturated carbocycles. The first-order valence-electron chi connectivity index (χ1n) is 3.86. The quantitative estimate of drug-likeness (QED) is 0.689. The molecule has 1 unspecified atom stereocenters. The fourth-order valence-electron chi connectivity index (χ4n) is 1.21. The molecule has 1 fully saturated rings. The summed E-state index contributed by atoms with van der Waals surface area (Å²) in [5.74, 6) is 0.921. The zero-order valence-corrected chi connectivity index (χ0v) is 8.07. The van der Waals surface area contributed by atoms with E-state index in [2.05, 4.69) is 10.2 Å². The number of halogens is 1. The number of hydrogen-bond acceptors (Lipinski definition) is 4. The Morgan fingerprint density at radius 3 is 3.08 bits per heavy atom. The highest BCUT2D eigenvalue weighted by Gasteiger charge is 2.21. The van der Waals surface area contributed by atoms with Crippen LogP contribution in [-0.2, 0) is 10.6 Å². The van der Waals surface area contributed by atoms with Gasteiger partial charge >= 0.3 is 0 Å². The molecule has 12 heavy (non-hydrogen) atoms. The summed E-state index contributed by atoms with van der Waals surface area (Å²) in [5.41, 5.74) is 0. The Kier molecular flexibility index (Phi) is 2.58. The Morgan fingerprint density at radius 1 is 1.58 bits per heavy atom.